The zero-order chi connectivity index (χ0) is 20.7. The molecule has 2 aromatic carbocycles. The molecule has 2 rings (SSSR count). The number of ether oxygens (including phenoxy) is 2. The van der Waals surface area contributed by atoms with E-state index in [9.17, 15) is 13.2 Å². The summed E-state index contributed by atoms with van der Waals surface area (Å²) in [4.78, 5) is 12.0. The van der Waals surface area contributed by atoms with Crippen LogP contribution in [-0.4, -0.2) is 47.7 Å². The highest BCUT2D eigenvalue weighted by Crippen LogP contribution is 2.24. The number of nitrogens with one attached hydrogen (secondary N) is 1. The summed E-state index contributed by atoms with van der Waals surface area (Å²) in [6.07, 6.45) is 0. The zero-order valence-electron chi connectivity index (χ0n) is 16.5. The lowest BCUT2D eigenvalue weighted by molar-refractivity contribution is -0.124. The average Bonchev–Trinajstić information content (AvgIpc) is 2.66. The van der Waals surface area contributed by atoms with E-state index in [2.05, 4.69) is 5.32 Å². The van der Waals surface area contributed by atoms with Crippen LogP contribution in [0.25, 0.3) is 0 Å². The Balaban J connectivity index is 1.99. The fourth-order valence-electron chi connectivity index (χ4n) is 2.52. The van der Waals surface area contributed by atoms with Crippen LogP contribution in [0.2, 0.25) is 0 Å². The summed E-state index contributed by atoms with van der Waals surface area (Å²) in [7, 11) is -0.588. The largest absolute Gasteiger partial charge is 0.484 e. The highest BCUT2D eigenvalue weighted by molar-refractivity contribution is 7.92. The summed E-state index contributed by atoms with van der Waals surface area (Å²) in [5.41, 5.74) is 1.48. The number of hydrogen-bond acceptors (Lipinski definition) is 5. The van der Waals surface area contributed by atoms with Crippen LogP contribution in [0.5, 0.6) is 5.75 Å². The second kappa shape index (κ2) is 9.57. The maximum Gasteiger partial charge on any atom is 0.264 e. The molecule has 28 heavy (non-hydrogen) atoms. The Kier molecular flexibility index (Phi) is 7.42. The van der Waals surface area contributed by atoms with Crippen molar-refractivity contribution in [2.24, 2.45) is 0 Å². The van der Waals surface area contributed by atoms with Crippen molar-refractivity contribution in [1.82, 2.24) is 5.32 Å². The molecule has 1 atom stereocenters. The van der Waals surface area contributed by atoms with E-state index in [4.69, 9.17) is 9.47 Å². The number of sulfonamides is 1. The first kappa shape index (κ1) is 21.7. The molecule has 0 aliphatic heterocycles. The number of hydrogen-bond donors (Lipinski definition) is 1. The van der Waals surface area contributed by atoms with Gasteiger partial charge in [-0.1, -0.05) is 17.7 Å². The number of methoxy groups -OCH3 is 1. The van der Waals surface area contributed by atoms with E-state index < -0.39 is 10.0 Å². The molecule has 1 unspecified atom stereocenters. The van der Waals surface area contributed by atoms with Gasteiger partial charge >= 0.3 is 0 Å². The fraction of sp³-hybridized carbons (Fsp3) is 0.350. The normalized spacial score (nSPS) is 12.3. The lowest BCUT2D eigenvalue weighted by atomic mass is 10.2. The van der Waals surface area contributed by atoms with Gasteiger partial charge in [0, 0.05) is 20.2 Å². The third kappa shape index (κ3) is 5.71. The van der Waals surface area contributed by atoms with Gasteiger partial charge in [0.15, 0.2) is 6.61 Å². The molecule has 0 bridgehead atoms. The highest BCUT2D eigenvalue weighted by atomic mass is 32.2. The summed E-state index contributed by atoms with van der Waals surface area (Å²) in [6.45, 7) is 4.02. The van der Waals surface area contributed by atoms with E-state index >= 15 is 0 Å². The number of nitrogens with zero attached hydrogens (tertiary/aromatic N) is 1. The van der Waals surface area contributed by atoms with E-state index in [1.807, 2.05) is 13.8 Å². The first-order valence-electron chi connectivity index (χ1n) is 8.81. The van der Waals surface area contributed by atoms with E-state index in [1.165, 1.54) is 11.4 Å². The molecule has 0 radical (unpaired) electrons. The van der Waals surface area contributed by atoms with Gasteiger partial charge in [-0.25, -0.2) is 8.42 Å². The number of aryl methyl sites for hydroxylation is 1. The van der Waals surface area contributed by atoms with Crippen LogP contribution in [0.15, 0.2) is 53.4 Å². The van der Waals surface area contributed by atoms with Crippen molar-refractivity contribution in [3.8, 4) is 5.75 Å². The highest BCUT2D eigenvalue weighted by Gasteiger charge is 2.21. The van der Waals surface area contributed by atoms with Crippen molar-refractivity contribution in [2.45, 2.75) is 24.8 Å². The first-order chi connectivity index (χ1) is 13.2. The van der Waals surface area contributed by atoms with Crippen LogP contribution in [0, 0.1) is 6.92 Å². The molecule has 152 valence electrons. The van der Waals surface area contributed by atoms with Crippen LogP contribution in [0.3, 0.4) is 0 Å². The van der Waals surface area contributed by atoms with Crippen molar-refractivity contribution in [1.29, 1.82) is 0 Å². The topological polar surface area (TPSA) is 84.9 Å². The van der Waals surface area contributed by atoms with Gasteiger partial charge in [0.25, 0.3) is 15.9 Å². The van der Waals surface area contributed by atoms with Gasteiger partial charge in [-0.3, -0.25) is 9.10 Å². The second-order valence-electron chi connectivity index (χ2n) is 6.49. The predicted octanol–water partition coefficient (Wildman–Crippen LogP) is 2.35. The summed E-state index contributed by atoms with van der Waals surface area (Å²) in [6, 6.07) is 13.1. The summed E-state index contributed by atoms with van der Waals surface area (Å²) >= 11 is 0. The molecule has 0 aliphatic rings. The Morgan fingerprint density at radius 2 is 1.71 bits per heavy atom. The third-order valence-electron chi connectivity index (χ3n) is 4.07. The summed E-state index contributed by atoms with van der Waals surface area (Å²) in [5, 5.41) is 2.75. The first-order valence-corrected chi connectivity index (χ1v) is 10.2. The number of carbonyl (C=O) groups excluding carboxylic acids is 1. The van der Waals surface area contributed by atoms with Crippen LogP contribution in [-0.2, 0) is 19.6 Å². The Labute approximate surface area is 166 Å². The van der Waals surface area contributed by atoms with Crippen LogP contribution < -0.4 is 14.4 Å². The monoisotopic (exact) mass is 406 g/mol. The number of amides is 1. The third-order valence-corrected chi connectivity index (χ3v) is 5.87. The van der Waals surface area contributed by atoms with Gasteiger partial charge in [-0.2, -0.15) is 0 Å². The van der Waals surface area contributed by atoms with Gasteiger partial charge in [-0.05, 0) is 50.2 Å². The molecule has 2 aromatic rings. The fourth-order valence-corrected chi connectivity index (χ4v) is 3.71. The van der Waals surface area contributed by atoms with E-state index in [-0.39, 0.29) is 23.5 Å². The Morgan fingerprint density at radius 3 is 2.29 bits per heavy atom. The molecule has 0 saturated carbocycles. The smallest absolute Gasteiger partial charge is 0.264 e. The Bertz CT molecular complexity index is 880. The number of rotatable bonds is 9. The zero-order valence-corrected chi connectivity index (χ0v) is 17.3. The summed E-state index contributed by atoms with van der Waals surface area (Å²) < 4.78 is 37.1. The lowest BCUT2D eigenvalue weighted by Crippen LogP contribution is -2.38. The molecule has 1 N–H and O–H groups in total. The van der Waals surface area contributed by atoms with Gasteiger partial charge < -0.3 is 14.8 Å². The second-order valence-corrected chi connectivity index (χ2v) is 8.46. The minimum absolute atomic E-state index is 0.107. The minimum atomic E-state index is -3.65. The minimum Gasteiger partial charge on any atom is -0.484 e. The number of anilines is 1. The van der Waals surface area contributed by atoms with Crippen molar-refractivity contribution in [2.75, 3.05) is 31.7 Å². The summed E-state index contributed by atoms with van der Waals surface area (Å²) in [5.74, 6) is 0.215. The maximum atomic E-state index is 12.7. The molecule has 0 aliphatic carbocycles. The molecular formula is C20H26N2O5S. The predicted molar refractivity (Wildman–Crippen MR) is 108 cm³/mol. The quantitative estimate of drug-likeness (QED) is 0.691. The molecule has 0 heterocycles. The lowest BCUT2D eigenvalue weighted by Gasteiger charge is -2.20. The maximum absolute atomic E-state index is 12.7. The Hall–Kier alpha value is -2.58. The van der Waals surface area contributed by atoms with Crippen molar-refractivity contribution >= 4 is 21.6 Å². The molecule has 0 fully saturated rings. The standard InChI is InChI=1S/C20H26N2O5S/c1-15-5-11-19(12-6-15)28(24,25)22(3)17-7-9-18(10-8-17)27-14-20(23)21-16(2)13-26-4/h5-12,16H,13-14H2,1-4H3,(H,21,23). The number of carbonyl (C=O) groups is 1. The van der Waals surface area contributed by atoms with E-state index in [0.717, 1.165) is 5.56 Å². The Morgan fingerprint density at radius 1 is 1.11 bits per heavy atom. The average molecular weight is 407 g/mol. The number of benzene rings is 2. The molecule has 1 amide bonds. The van der Waals surface area contributed by atoms with Crippen molar-refractivity contribution in [3.05, 3.63) is 54.1 Å². The van der Waals surface area contributed by atoms with Crippen molar-refractivity contribution < 1.29 is 22.7 Å². The van der Waals surface area contributed by atoms with Crippen LogP contribution >= 0.6 is 0 Å². The van der Waals surface area contributed by atoms with Gasteiger partial charge in [0.2, 0.25) is 0 Å². The molecule has 0 saturated heterocycles. The molecule has 0 aromatic heterocycles. The van der Waals surface area contributed by atoms with E-state index in [1.54, 1.807) is 55.6 Å². The van der Waals surface area contributed by atoms with Crippen LogP contribution in [0.4, 0.5) is 5.69 Å². The SMILES string of the molecule is COCC(C)NC(=O)COc1ccc(N(C)S(=O)(=O)c2ccc(C)cc2)cc1. The molecular weight excluding hydrogens is 380 g/mol. The molecule has 0 spiro atoms. The van der Waals surface area contributed by atoms with Gasteiger partial charge in [-0.15, -0.1) is 0 Å². The van der Waals surface area contributed by atoms with Gasteiger partial charge in [0.05, 0.1) is 17.2 Å². The van der Waals surface area contributed by atoms with Gasteiger partial charge in [0.1, 0.15) is 5.75 Å². The molecule has 8 heteroatoms. The van der Waals surface area contributed by atoms with Crippen LogP contribution in [0.1, 0.15) is 12.5 Å². The molecule has 7 nitrogen and oxygen atoms in total. The van der Waals surface area contributed by atoms with E-state index in [0.29, 0.717) is 18.0 Å². The van der Waals surface area contributed by atoms with Crippen molar-refractivity contribution in [3.63, 3.8) is 0 Å².